The first-order valence-corrected chi connectivity index (χ1v) is 9.59. The number of carbonyl (C=O) groups excluding carboxylic acids is 1. The highest BCUT2D eigenvalue weighted by Crippen LogP contribution is 2.23. The second-order valence-electron chi connectivity index (χ2n) is 5.89. The Bertz CT molecular complexity index is 864. The van der Waals surface area contributed by atoms with Crippen molar-refractivity contribution in [2.45, 2.75) is 18.9 Å². The zero-order valence-electron chi connectivity index (χ0n) is 12.4. The molecule has 1 N–H and O–H groups in total. The first-order chi connectivity index (χ1) is 10.8. The molecule has 1 atom stereocenters. The lowest BCUT2D eigenvalue weighted by Gasteiger charge is -2.22. The minimum Gasteiger partial charge on any atom is -0.344 e. The number of hydrogen-bond donors (Lipinski definition) is 1. The molecule has 0 radical (unpaired) electrons. The fourth-order valence-corrected chi connectivity index (χ4v) is 5.04. The number of benzene rings is 1. The van der Waals surface area contributed by atoms with Crippen LogP contribution in [-0.4, -0.2) is 46.4 Å². The van der Waals surface area contributed by atoms with Crippen LogP contribution in [0.25, 0.3) is 5.69 Å². The molecule has 1 fully saturated rings. The van der Waals surface area contributed by atoms with Gasteiger partial charge < -0.3 is 5.32 Å². The van der Waals surface area contributed by atoms with Crippen molar-refractivity contribution in [3.05, 3.63) is 40.6 Å². The fraction of sp³-hybridized carbons (Fsp3) is 0.357. The highest BCUT2D eigenvalue weighted by atomic mass is 79.9. The number of amides is 1. The monoisotopic (exact) mass is 398 g/mol. The number of nitrogens with zero attached hydrogens (tertiary/aromatic N) is 3. The van der Waals surface area contributed by atoms with Crippen LogP contribution in [0, 0.1) is 0 Å². The van der Waals surface area contributed by atoms with E-state index in [0.717, 1.165) is 10.2 Å². The normalized spacial score (nSPS) is 22.9. The summed E-state index contributed by atoms with van der Waals surface area (Å²) in [5, 5.41) is 10.6. The van der Waals surface area contributed by atoms with Gasteiger partial charge in [-0.15, -0.1) is 5.10 Å². The first-order valence-electron chi connectivity index (χ1n) is 6.98. The molecule has 3 rings (SSSR count). The maximum Gasteiger partial charge on any atom is 0.273 e. The van der Waals surface area contributed by atoms with Crippen LogP contribution < -0.4 is 5.32 Å². The molecule has 0 aliphatic carbocycles. The van der Waals surface area contributed by atoms with Gasteiger partial charge in [-0.1, -0.05) is 27.2 Å². The summed E-state index contributed by atoms with van der Waals surface area (Å²) in [7, 11) is -3.09. The van der Waals surface area contributed by atoms with Gasteiger partial charge in [-0.3, -0.25) is 4.79 Å². The van der Waals surface area contributed by atoms with Crippen LogP contribution in [0.5, 0.6) is 0 Å². The Kier molecular flexibility index (Phi) is 4.01. The Balaban J connectivity index is 1.77. The summed E-state index contributed by atoms with van der Waals surface area (Å²) in [5.74, 6) is -0.383. The van der Waals surface area contributed by atoms with Gasteiger partial charge in [0.2, 0.25) is 0 Å². The number of carbonyl (C=O) groups is 1. The second kappa shape index (κ2) is 5.72. The number of halogens is 1. The fourth-order valence-electron chi connectivity index (χ4n) is 2.56. The van der Waals surface area contributed by atoms with E-state index in [0.29, 0.717) is 6.42 Å². The van der Waals surface area contributed by atoms with Crippen molar-refractivity contribution in [2.24, 2.45) is 0 Å². The highest BCUT2D eigenvalue weighted by Gasteiger charge is 2.39. The molecular formula is C14H15BrN4O3S. The van der Waals surface area contributed by atoms with Crippen LogP contribution in [0.3, 0.4) is 0 Å². The summed E-state index contributed by atoms with van der Waals surface area (Å²) in [4.78, 5) is 12.3. The summed E-state index contributed by atoms with van der Waals surface area (Å²) < 4.78 is 25.6. The van der Waals surface area contributed by atoms with Crippen molar-refractivity contribution in [3.8, 4) is 5.69 Å². The van der Waals surface area contributed by atoms with E-state index in [1.807, 2.05) is 24.3 Å². The molecule has 0 spiro atoms. The molecule has 0 saturated carbocycles. The Labute approximate surface area is 142 Å². The third-order valence-electron chi connectivity index (χ3n) is 3.72. The van der Waals surface area contributed by atoms with E-state index in [-0.39, 0.29) is 17.2 Å². The van der Waals surface area contributed by atoms with Gasteiger partial charge >= 0.3 is 0 Å². The van der Waals surface area contributed by atoms with Crippen molar-refractivity contribution in [2.75, 3.05) is 11.5 Å². The second-order valence-corrected chi connectivity index (χ2v) is 8.98. The predicted molar refractivity (Wildman–Crippen MR) is 88.2 cm³/mol. The van der Waals surface area contributed by atoms with E-state index >= 15 is 0 Å². The third kappa shape index (κ3) is 3.61. The Morgan fingerprint density at radius 1 is 1.43 bits per heavy atom. The van der Waals surface area contributed by atoms with Crippen molar-refractivity contribution in [1.82, 2.24) is 20.3 Å². The SMILES string of the molecule is C[C@]1(NC(=O)c2cn(-c3cccc(Br)c3)nn2)CCS(=O)(=O)C1. The molecule has 1 aromatic carbocycles. The maximum absolute atomic E-state index is 12.3. The van der Waals surface area contributed by atoms with Crippen molar-refractivity contribution in [3.63, 3.8) is 0 Å². The molecule has 1 amide bonds. The molecule has 1 saturated heterocycles. The standard InChI is InChI=1S/C14H15BrN4O3S/c1-14(5-6-23(21,22)9-14)16-13(20)12-8-19(18-17-12)11-4-2-3-10(15)7-11/h2-4,7-8H,5-6,9H2,1H3,(H,16,20)/t14-/m0/s1. The molecule has 122 valence electrons. The van der Waals surface area contributed by atoms with Gasteiger partial charge in [-0.25, -0.2) is 13.1 Å². The average molecular weight is 399 g/mol. The molecule has 2 aromatic rings. The van der Waals surface area contributed by atoms with Gasteiger partial charge in [0.15, 0.2) is 15.5 Å². The molecule has 2 heterocycles. The number of hydrogen-bond acceptors (Lipinski definition) is 5. The van der Waals surface area contributed by atoms with Gasteiger partial charge in [0.05, 0.1) is 28.9 Å². The molecular weight excluding hydrogens is 384 g/mol. The highest BCUT2D eigenvalue weighted by molar-refractivity contribution is 9.10. The van der Waals surface area contributed by atoms with E-state index in [1.54, 1.807) is 6.92 Å². The van der Waals surface area contributed by atoms with Gasteiger partial charge in [0.25, 0.3) is 5.91 Å². The minimum absolute atomic E-state index is 0.0501. The molecule has 1 aliphatic rings. The largest absolute Gasteiger partial charge is 0.344 e. The third-order valence-corrected chi connectivity index (χ3v) is 6.11. The summed E-state index contributed by atoms with van der Waals surface area (Å²) in [6.07, 6.45) is 1.92. The smallest absolute Gasteiger partial charge is 0.273 e. The van der Waals surface area contributed by atoms with E-state index in [4.69, 9.17) is 0 Å². The summed E-state index contributed by atoms with van der Waals surface area (Å²) >= 11 is 3.37. The molecule has 23 heavy (non-hydrogen) atoms. The quantitative estimate of drug-likeness (QED) is 0.841. The van der Waals surface area contributed by atoms with Crippen LogP contribution in [0.15, 0.2) is 34.9 Å². The zero-order chi connectivity index (χ0) is 16.7. The van der Waals surface area contributed by atoms with Gasteiger partial charge in [-0.2, -0.15) is 0 Å². The lowest BCUT2D eigenvalue weighted by Crippen LogP contribution is -2.47. The lowest BCUT2D eigenvalue weighted by molar-refractivity contribution is 0.0910. The van der Waals surface area contributed by atoms with Crippen LogP contribution in [-0.2, 0) is 9.84 Å². The van der Waals surface area contributed by atoms with E-state index < -0.39 is 21.3 Å². The van der Waals surface area contributed by atoms with Crippen molar-refractivity contribution >= 4 is 31.7 Å². The first kappa shape index (κ1) is 16.1. The van der Waals surface area contributed by atoms with Crippen LogP contribution >= 0.6 is 15.9 Å². The number of aromatic nitrogens is 3. The number of sulfone groups is 1. The van der Waals surface area contributed by atoms with Gasteiger partial charge in [0, 0.05) is 4.47 Å². The van der Waals surface area contributed by atoms with Crippen molar-refractivity contribution in [1.29, 1.82) is 0 Å². The molecule has 1 aliphatic heterocycles. The zero-order valence-corrected chi connectivity index (χ0v) is 14.8. The Hall–Kier alpha value is -1.74. The number of rotatable bonds is 3. The summed E-state index contributed by atoms with van der Waals surface area (Å²) in [5.41, 5.74) is 0.159. The average Bonchev–Trinajstić information content (AvgIpc) is 3.04. The summed E-state index contributed by atoms with van der Waals surface area (Å²) in [6, 6.07) is 7.42. The van der Waals surface area contributed by atoms with Crippen molar-refractivity contribution < 1.29 is 13.2 Å². The Morgan fingerprint density at radius 2 is 2.22 bits per heavy atom. The molecule has 7 nitrogen and oxygen atoms in total. The molecule has 0 unspecified atom stereocenters. The lowest BCUT2D eigenvalue weighted by atomic mass is 10.0. The maximum atomic E-state index is 12.3. The topological polar surface area (TPSA) is 93.9 Å². The number of nitrogens with one attached hydrogen (secondary N) is 1. The molecule has 9 heteroatoms. The van der Waals surface area contributed by atoms with Crippen LogP contribution in [0.4, 0.5) is 0 Å². The van der Waals surface area contributed by atoms with Crippen LogP contribution in [0.1, 0.15) is 23.8 Å². The minimum atomic E-state index is -3.09. The molecule has 0 bridgehead atoms. The van der Waals surface area contributed by atoms with E-state index in [2.05, 4.69) is 31.6 Å². The van der Waals surface area contributed by atoms with Gasteiger partial charge in [-0.05, 0) is 31.5 Å². The van der Waals surface area contributed by atoms with Gasteiger partial charge in [0.1, 0.15) is 0 Å². The molecule has 1 aromatic heterocycles. The Morgan fingerprint density at radius 3 is 2.87 bits per heavy atom. The summed E-state index contributed by atoms with van der Waals surface area (Å²) in [6.45, 7) is 1.73. The predicted octanol–water partition coefficient (Wildman–Crippen LogP) is 1.34. The van der Waals surface area contributed by atoms with E-state index in [9.17, 15) is 13.2 Å². The van der Waals surface area contributed by atoms with E-state index in [1.165, 1.54) is 10.9 Å². The van der Waals surface area contributed by atoms with Crippen LogP contribution in [0.2, 0.25) is 0 Å².